The smallest absolute Gasteiger partial charge is 0.191 e. The van der Waals surface area contributed by atoms with Crippen LogP contribution >= 0.6 is 34.4 Å². The third-order valence-electron chi connectivity index (χ3n) is 2.54. The molecule has 0 amide bonds. The lowest BCUT2D eigenvalue weighted by Gasteiger charge is -2.26. The highest BCUT2D eigenvalue weighted by Crippen LogP contribution is 2.32. The molecule has 0 radical (unpaired) electrons. The van der Waals surface area contributed by atoms with Crippen LogP contribution in [0.3, 0.4) is 0 Å². The lowest BCUT2D eigenvalue weighted by Crippen LogP contribution is -2.21. The van der Waals surface area contributed by atoms with Crippen molar-refractivity contribution in [2.75, 3.05) is 10.7 Å². The first-order chi connectivity index (χ1) is 5.77. The van der Waals surface area contributed by atoms with Crippen molar-refractivity contribution in [3.05, 3.63) is 0 Å². The summed E-state index contributed by atoms with van der Waals surface area (Å²) < 4.78 is 1.22. The molecule has 1 rings (SSSR count). The van der Waals surface area contributed by atoms with Crippen molar-refractivity contribution >= 4 is 39.5 Å². The van der Waals surface area contributed by atoms with Crippen molar-refractivity contribution < 1.29 is 4.79 Å². The van der Waals surface area contributed by atoms with Crippen molar-refractivity contribution in [1.82, 2.24) is 0 Å². The number of hydrogen-bond donors (Lipinski definition) is 0. The number of carbonyl (C=O) groups is 1. The van der Waals surface area contributed by atoms with Gasteiger partial charge in [-0.2, -0.15) is 0 Å². The van der Waals surface area contributed by atoms with E-state index in [0.29, 0.717) is 11.0 Å². The Morgan fingerprint density at radius 2 is 2.33 bits per heavy atom. The van der Waals surface area contributed by atoms with Gasteiger partial charge in [-0.15, -0.1) is 0 Å². The number of alkyl halides is 1. The predicted octanol–water partition coefficient (Wildman–Crippen LogP) is 3.12. The molecule has 0 aliphatic heterocycles. The van der Waals surface area contributed by atoms with Crippen LogP contribution in [0.5, 0.6) is 0 Å². The molecule has 3 heteroatoms. The molecular formula is C9H15IOS. The van der Waals surface area contributed by atoms with Gasteiger partial charge in [0.15, 0.2) is 5.12 Å². The van der Waals surface area contributed by atoms with Gasteiger partial charge in [0.1, 0.15) is 0 Å². The van der Waals surface area contributed by atoms with E-state index < -0.39 is 0 Å². The van der Waals surface area contributed by atoms with Gasteiger partial charge in [0.2, 0.25) is 0 Å². The molecule has 0 N–H and O–H groups in total. The predicted molar refractivity (Wildman–Crippen MR) is 62.9 cm³/mol. The molecular weight excluding hydrogens is 283 g/mol. The van der Waals surface area contributed by atoms with Crippen molar-refractivity contribution in [2.45, 2.75) is 25.7 Å². The molecule has 0 heterocycles. The zero-order valence-electron chi connectivity index (χ0n) is 7.38. The lowest BCUT2D eigenvalue weighted by molar-refractivity contribution is -0.115. The Morgan fingerprint density at radius 1 is 1.58 bits per heavy atom. The molecule has 1 fully saturated rings. The molecule has 2 atom stereocenters. The monoisotopic (exact) mass is 298 g/mol. The van der Waals surface area contributed by atoms with Crippen LogP contribution in [0, 0.1) is 11.8 Å². The average molecular weight is 298 g/mol. The second-order valence-electron chi connectivity index (χ2n) is 3.41. The topological polar surface area (TPSA) is 17.1 Å². The Hall–Kier alpha value is 0.750. The van der Waals surface area contributed by atoms with Crippen LogP contribution in [0.1, 0.15) is 25.7 Å². The summed E-state index contributed by atoms with van der Waals surface area (Å²) in [5.41, 5.74) is 0. The molecule has 2 unspecified atom stereocenters. The van der Waals surface area contributed by atoms with Gasteiger partial charge >= 0.3 is 0 Å². The van der Waals surface area contributed by atoms with Crippen molar-refractivity contribution in [1.29, 1.82) is 0 Å². The standard InChI is InChI=1S/C9H15IOS/c1-12-9(11)8-4-2-3-7(5-8)6-10/h7-8H,2-6H2,1H3. The maximum atomic E-state index is 11.4. The van der Waals surface area contributed by atoms with Gasteiger partial charge in [0.25, 0.3) is 0 Å². The minimum absolute atomic E-state index is 0.369. The Bertz CT molecular complexity index is 161. The Labute approximate surface area is 92.2 Å². The molecule has 0 bridgehead atoms. The third kappa shape index (κ3) is 2.91. The summed E-state index contributed by atoms with van der Waals surface area (Å²) in [6, 6.07) is 0. The van der Waals surface area contributed by atoms with E-state index in [1.54, 1.807) is 0 Å². The fourth-order valence-electron chi connectivity index (χ4n) is 1.81. The van der Waals surface area contributed by atoms with E-state index in [1.807, 2.05) is 6.26 Å². The molecule has 1 saturated carbocycles. The normalized spacial score (nSPS) is 30.2. The minimum Gasteiger partial charge on any atom is -0.287 e. The zero-order chi connectivity index (χ0) is 8.97. The van der Waals surface area contributed by atoms with Gasteiger partial charge in [0, 0.05) is 10.3 Å². The lowest BCUT2D eigenvalue weighted by atomic mass is 9.83. The van der Waals surface area contributed by atoms with E-state index in [0.717, 1.165) is 18.8 Å². The molecule has 0 saturated heterocycles. The quantitative estimate of drug-likeness (QED) is 0.575. The molecule has 0 aromatic carbocycles. The zero-order valence-corrected chi connectivity index (χ0v) is 10.4. The summed E-state index contributed by atoms with van der Waals surface area (Å²) >= 11 is 3.84. The summed E-state index contributed by atoms with van der Waals surface area (Å²) in [5.74, 6) is 1.17. The molecule has 0 aromatic heterocycles. The molecule has 0 aromatic rings. The van der Waals surface area contributed by atoms with Crippen LogP contribution in [0.2, 0.25) is 0 Å². The van der Waals surface area contributed by atoms with Gasteiger partial charge in [-0.25, -0.2) is 0 Å². The molecule has 1 aliphatic carbocycles. The molecule has 0 spiro atoms. The minimum atomic E-state index is 0.369. The molecule has 70 valence electrons. The number of thioether (sulfide) groups is 1. The number of halogens is 1. The summed E-state index contributed by atoms with van der Waals surface area (Å²) in [6.07, 6.45) is 6.76. The van der Waals surface area contributed by atoms with Gasteiger partial charge in [-0.05, 0) is 31.4 Å². The van der Waals surface area contributed by atoms with Gasteiger partial charge in [0.05, 0.1) is 0 Å². The van der Waals surface area contributed by atoms with E-state index in [2.05, 4.69) is 22.6 Å². The summed E-state index contributed by atoms with van der Waals surface area (Å²) in [5, 5.41) is 0.407. The second kappa shape index (κ2) is 5.47. The Morgan fingerprint density at radius 3 is 2.92 bits per heavy atom. The highest BCUT2D eigenvalue weighted by atomic mass is 127. The van der Waals surface area contributed by atoms with Gasteiger partial charge in [-0.1, -0.05) is 40.8 Å². The molecule has 1 nitrogen and oxygen atoms in total. The third-order valence-corrected chi connectivity index (χ3v) is 4.52. The number of carbonyl (C=O) groups excluding carboxylic acids is 1. The van der Waals surface area contributed by atoms with E-state index >= 15 is 0 Å². The van der Waals surface area contributed by atoms with Crippen LogP contribution in [-0.4, -0.2) is 15.8 Å². The fraction of sp³-hybridized carbons (Fsp3) is 0.889. The highest BCUT2D eigenvalue weighted by molar-refractivity contribution is 14.1. The first kappa shape index (κ1) is 10.8. The summed E-state index contributed by atoms with van der Waals surface area (Å²) in [7, 11) is 0. The maximum absolute atomic E-state index is 11.4. The Kier molecular flexibility index (Phi) is 4.94. The molecule has 12 heavy (non-hydrogen) atoms. The van der Waals surface area contributed by atoms with Crippen LogP contribution in [0.25, 0.3) is 0 Å². The largest absolute Gasteiger partial charge is 0.287 e. The van der Waals surface area contributed by atoms with Crippen molar-refractivity contribution in [3.63, 3.8) is 0 Å². The second-order valence-corrected chi connectivity index (χ2v) is 5.10. The highest BCUT2D eigenvalue weighted by Gasteiger charge is 2.25. The summed E-state index contributed by atoms with van der Waals surface area (Å²) in [4.78, 5) is 11.4. The maximum Gasteiger partial charge on any atom is 0.191 e. The van der Waals surface area contributed by atoms with E-state index in [1.165, 1.54) is 29.0 Å². The Balaban J connectivity index is 2.40. The molecule has 1 aliphatic rings. The van der Waals surface area contributed by atoms with Gasteiger partial charge < -0.3 is 0 Å². The van der Waals surface area contributed by atoms with Crippen LogP contribution in [0.15, 0.2) is 0 Å². The van der Waals surface area contributed by atoms with Crippen LogP contribution in [-0.2, 0) is 4.79 Å². The first-order valence-corrected chi connectivity index (χ1v) is 7.16. The summed E-state index contributed by atoms with van der Waals surface area (Å²) in [6.45, 7) is 0. The van der Waals surface area contributed by atoms with Gasteiger partial charge in [-0.3, -0.25) is 4.79 Å². The van der Waals surface area contributed by atoms with E-state index in [9.17, 15) is 4.79 Å². The SMILES string of the molecule is CSC(=O)C1CCCC(CI)C1. The van der Waals surface area contributed by atoms with E-state index in [4.69, 9.17) is 0 Å². The van der Waals surface area contributed by atoms with Crippen molar-refractivity contribution in [2.24, 2.45) is 11.8 Å². The van der Waals surface area contributed by atoms with Crippen LogP contribution in [0.4, 0.5) is 0 Å². The average Bonchev–Trinajstić information content (AvgIpc) is 2.17. The van der Waals surface area contributed by atoms with Crippen molar-refractivity contribution in [3.8, 4) is 0 Å². The van der Waals surface area contributed by atoms with E-state index in [-0.39, 0.29) is 0 Å². The number of hydrogen-bond acceptors (Lipinski definition) is 2. The van der Waals surface area contributed by atoms with Crippen LogP contribution < -0.4 is 0 Å². The fourth-order valence-corrected chi connectivity index (χ4v) is 3.16. The number of rotatable bonds is 2. The first-order valence-electron chi connectivity index (χ1n) is 4.41.